The molecule has 15 heteroatoms. The van der Waals surface area contributed by atoms with E-state index in [0.29, 0.717) is 31.5 Å². The third-order valence-electron chi connectivity index (χ3n) is 6.34. The summed E-state index contributed by atoms with van der Waals surface area (Å²) in [6.45, 7) is -0.0289. The van der Waals surface area contributed by atoms with Gasteiger partial charge in [0.15, 0.2) is 0 Å². The summed E-state index contributed by atoms with van der Waals surface area (Å²) in [5.41, 5.74) is 0.489. The number of hydrogen-bond acceptors (Lipinski definition) is 6. The number of rotatable bonds is 8. The summed E-state index contributed by atoms with van der Waals surface area (Å²) in [5.74, 6) is -1.06. The molecule has 2 heterocycles. The van der Waals surface area contributed by atoms with Gasteiger partial charge in [-0.1, -0.05) is 40.9 Å². The van der Waals surface area contributed by atoms with E-state index < -0.39 is 31.5 Å². The molecular formula is C28H21Cl3N4O6S2. The van der Waals surface area contributed by atoms with Crippen molar-refractivity contribution in [3.05, 3.63) is 116 Å². The van der Waals surface area contributed by atoms with Crippen LogP contribution in [0, 0.1) is 0 Å². The van der Waals surface area contributed by atoms with Gasteiger partial charge >= 0.3 is 0 Å². The van der Waals surface area contributed by atoms with Crippen molar-refractivity contribution in [3.8, 4) is 11.1 Å². The summed E-state index contributed by atoms with van der Waals surface area (Å²) >= 11 is 19.0. The van der Waals surface area contributed by atoms with Crippen LogP contribution in [0.25, 0.3) is 22.0 Å². The highest BCUT2D eigenvalue weighted by Crippen LogP contribution is 2.37. The lowest BCUT2D eigenvalue weighted by molar-refractivity contribution is 0.0974. The van der Waals surface area contributed by atoms with Gasteiger partial charge in [0.25, 0.3) is 21.5 Å². The molecule has 43 heavy (non-hydrogen) atoms. The van der Waals surface area contributed by atoms with Crippen LogP contribution in [0.5, 0.6) is 0 Å². The lowest BCUT2D eigenvalue weighted by Crippen LogP contribution is -2.33. The Kier molecular flexibility index (Phi) is 8.34. The minimum atomic E-state index is -4.55. The highest BCUT2D eigenvalue weighted by molar-refractivity contribution is 7.92. The second-order valence-electron chi connectivity index (χ2n) is 9.46. The number of H-pyrrole nitrogens is 1. The Balaban J connectivity index is 1.72. The molecule has 2 aromatic heterocycles. The van der Waals surface area contributed by atoms with Crippen molar-refractivity contribution in [1.29, 1.82) is 0 Å². The van der Waals surface area contributed by atoms with Crippen LogP contribution in [0.15, 0.2) is 88.7 Å². The van der Waals surface area contributed by atoms with Crippen LogP contribution in [-0.4, -0.2) is 38.5 Å². The first-order chi connectivity index (χ1) is 20.2. The van der Waals surface area contributed by atoms with E-state index in [9.17, 15) is 26.4 Å². The van der Waals surface area contributed by atoms with Gasteiger partial charge in [-0.25, -0.2) is 21.6 Å². The van der Waals surface area contributed by atoms with Crippen LogP contribution in [0.1, 0.15) is 16.1 Å². The Labute approximate surface area is 261 Å². The fourth-order valence-electron chi connectivity index (χ4n) is 4.62. The summed E-state index contributed by atoms with van der Waals surface area (Å²) in [6, 6.07) is 17.6. The van der Waals surface area contributed by atoms with Gasteiger partial charge in [-0.05, 0) is 72.3 Å². The van der Waals surface area contributed by atoms with E-state index in [-0.39, 0.29) is 33.9 Å². The van der Waals surface area contributed by atoms with Gasteiger partial charge < -0.3 is 9.55 Å². The summed E-state index contributed by atoms with van der Waals surface area (Å²) < 4.78 is 56.0. The molecule has 10 nitrogen and oxygen atoms in total. The molecule has 0 aliphatic heterocycles. The zero-order chi connectivity index (χ0) is 31.1. The van der Waals surface area contributed by atoms with E-state index in [1.807, 2.05) is 0 Å². The largest absolute Gasteiger partial charge is 0.331 e. The standard InChI is InChI=1S/C28H21Cl3N4O6S2/c1-42(38,39)33-19-4-2-5-20(14-19)43(40,41)34-28(37)26-25(21-6-3-11-32-27(21)36)22-13-18(30)8-10-24(22)35(26)15-16-12-17(29)7-9-23(16)31/h2-14,33H,15H2,1H3,(H,32,36)(H,34,37). The van der Waals surface area contributed by atoms with Crippen LogP contribution in [-0.2, 0) is 26.6 Å². The van der Waals surface area contributed by atoms with E-state index in [4.69, 9.17) is 34.8 Å². The maximum atomic E-state index is 14.0. The average molecular weight is 680 g/mol. The number of nitrogens with one attached hydrogen (secondary N) is 3. The molecule has 0 saturated heterocycles. The number of anilines is 1. The van der Waals surface area contributed by atoms with Crippen LogP contribution < -0.4 is 15.0 Å². The molecule has 3 N–H and O–H groups in total. The van der Waals surface area contributed by atoms with Gasteiger partial charge in [0, 0.05) is 55.5 Å². The summed E-state index contributed by atoms with van der Waals surface area (Å²) in [4.78, 5) is 29.2. The molecule has 0 atom stereocenters. The van der Waals surface area contributed by atoms with Gasteiger partial charge in [0.2, 0.25) is 10.0 Å². The Bertz CT molecular complexity index is 2200. The van der Waals surface area contributed by atoms with Crippen LogP contribution in [0.2, 0.25) is 15.1 Å². The molecule has 0 spiro atoms. The maximum absolute atomic E-state index is 14.0. The number of fused-ring (bicyclic) bond motifs is 1. The lowest BCUT2D eigenvalue weighted by atomic mass is 10.0. The monoisotopic (exact) mass is 678 g/mol. The molecule has 0 unspecified atom stereocenters. The smallest absolute Gasteiger partial charge is 0.282 e. The summed E-state index contributed by atoms with van der Waals surface area (Å²) in [7, 11) is -8.26. The van der Waals surface area contributed by atoms with E-state index >= 15 is 0 Å². The Morgan fingerprint density at radius 3 is 2.35 bits per heavy atom. The first-order valence-corrected chi connectivity index (χ1v) is 16.8. The Morgan fingerprint density at radius 1 is 0.907 bits per heavy atom. The third-order valence-corrected chi connectivity index (χ3v) is 9.11. The summed E-state index contributed by atoms with van der Waals surface area (Å²) in [6.07, 6.45) is 2.34. The quantitative estimate of drug-likeness (QED) is 0.198. The molecule has 222 valence electrons. The number of aromatic amines is 1. The van der Waals surface area contributed by atoms with Crippen molar-refractivity contribution in [2.75, 3.05) is 11.0 Å². The molecule has 0 aliphatic rings. The highest BCUT2D eigenvalue weighted by atomic mass is 35.5. The maximum Gasteiger partial charge on any atom is 0.282 e. The third kappa shape index (κ3) is 6.58. The molecule has 0 fully saturated rings. The van der Waals surface area contributed by atoms with E-state index in [0.717, 1.165) is 12.3 Å². The molecule has 0 bridgehead atoms. The van der Waals surface area contributed by atoms with Crippen LogP contribution in [0.3, 0.4) is 0 Å². The second kappa shape index (κ2) is 11.7. The Morgan fingerprint density at radius 2 is 1.63 bits per heavy atom. The van der Waals surface area contributed by atoms with Crippen molar-refractivity contribution >= 4 is 77.3 Å². The molecule has 0 aliphatic carbocycles. The number of halogens is 3. The number of hydrogen-bond donors (Lipinski definition) is 3. The number of carbonyl (C=O) groups is 1. The number of nitrogens with zero attached hydrogens (tertiary/aromatic N) is 1. The number of carbonyl (C=O) groups excluding carboxylic acids is 1. The summed E-state index contributed by atoms with van der Waals surface area (Å²) in [5, 5.41) is 1.45. The molecule has 5 aromatic rings. The molecule has 0 saturated carbocycles. The highest BCUT2D eigenvalue weighted by Gasteiger charge is 2.29. The van der Waals surface area contributed by atoms with Crippen LogP contribution in [0.4, 0.5) is 5.69 Å². The van der Waals surface area contributed by atoms with Gasteiger partial charge in [-0.2, -0.15) is 0 Å². The van der Waals surface area contributed by atoms with Gasteiger partial charge in [0.05, 0.1) is 11.2 Å². The fourth-order valence-corrected chi connectivity index (χ4v) is 6.72. The predicted molar refractivity (Wildman–Crippen MR) is 168 cm³/mol. The molecule has 1 amide bonds. The number of aromatic nitrogens is 2. The van der Waals surface area contributed by atoms with E-state index in [1.165, 1.54) is 35.0 Å². The zero-order valence-corrected chi connectivity index (χ0v) is 26.0. The normalized spacial score (nSPS) is 11.9. The fraction of sp³-hybridized carbons (Fsp3) is 0.0714. The minimum absolute atomic E-state index is 0.0197. The molecule has 3 aromatic carbocycles. The van der Waals surface area contributed by atoms with Gasteiger partial charge in [0.1, 0.15) is 5.69 Å². The van der Waals surface area contributed by atoms with E-state index in [1.54, 1.807) is 42.5 Å². The predicted octanol–water partition coefficient (Wildman–Crippen LogP) is 5.50. The first kappa shape index (κ1) is 30.6. The van der Waals surface area contributed by atoms with Crippen LogP contribution >= 0.6 is 34.8 Å². The van der Waals surface area contributed by atoms with Gasteiger partial charge in [-0.15, -0.1) is 0 Å². The topological polar surface area (TPSA) is 147 Å². The molecule has 5 rings (SSSR count). The molecule has 0 radical (unpaired) electrons. The van der Waals surface area contributed by atoms with E-state index in [2.05, 4.69) is 14.4 Å². The lowest BCUT2D eigenvalue weighted by Gasteiger charge is -2.15. The number of pyridine rings is 1. The van der Waals surface area contributed by atoms with Gasteiger partial charge in [-0.3, -0.25) is 14.3 Å². The van der Waals surface area contributed by atoms with Crippen molar-refractivity contribution in [3.63, 3.8) is 0 Å². The zero-order valence-electron chi connectivity index (χ0n) is 22.1. The van der Waals surface area contributed by atoms with Crippen molar-refractivity contribution in [2.24, 2.45) is 0 Å². The number of benzene rings is 3. The van der Waals surface area contributed by atoms with Crippen molar-refractivity contribution < 1.29 is 21.6 Å². The number of sulfonamides is 2. The Hall–Kier alpha value is -3.81. The first-order valence-electron chi connectivity index (χ1n) is 12.3. The molecular weight excluding hydrogens is 659 g/mol. The number of amides is 1. The average Bonchev–Trinajstić information content (AvgIpc) is 3.23. The van der Waals surface area contributed by atoms with Crippen molar-refractivity contribution in [1.82, 2.24) is 14.3 Å². The SMILES string of the molecule is CS(=O)(=O)Nc1cccc(S(=O)(=O)NC(=O)c2c(-c3ccc[nH]c3=O)c3cc(Cl)ccc3n2Cc2cc(Cl)ccc2Cl)c1. The van der Waals surface area contributed by atoms with Crippen molar-refractivity contribution in [2.45, 2.75) is 11.4 Å². The second-order valence-corrected chi connectivity index (χ2v) is 14.2. The minimum Gasteiger partial charge on any atom is -0.331 e.